The van der Waals surface area contributed by atoms with E-state index in [2.05, 4.69) is 15.3 Å². The highest BCUT2D eigenvalue weighted by molar-refractivity contribution is 5.81. The van der Waals surface area contributed by atoms with Crippen LogP contribution >= 0.6 is 0 Å². The molecule has 5 nitrogen and oxygen atoms in total. The molecule has 0 aliphatic rings. The number of carbonyl (C=O) groups is 1. The topological polar surface area (TPSA) is 75.1 Å². The molecule has 2 N–H and O–H groups in total. The highest BCUT2D eigenvalue weighted by atomic mass is 16.4. The number of nitrogens with zero attached hydrogens (tertiary/aromatic N) is 2. The SMILES string of the molecule is CCC(CC)(Nc1ncc(C)cn1)C(=O)O. The van der Waals surface area contributed by atoms with Crippen LogP contribution in [0.2, 0.25) is 0 Å². The lowest BCUT2D eigenvalue weighted by Crippen LogP contribution is -2.45. The molecule has 1 aromatic rings. The second kappa shape index (κ2) is 4.92. The van der Waals surface area contributed by atoms with Gasteiger partial charge in [-0.2, -0.15) is 0 Å². The van der Waals surface area contributed by atoms with Crippen molar-refractivity contribution in [3.8, 4) is 0 Å². The number of hydrogen-bond donors (Lipinski definition) is 2. The Morgan fingerprint density at radius 1 is 1.38 bits per heavy atom. The number of aliphatic carboxylic acids is 1. The molecule has 0 aromatic carbocycles. The molecule has 0 radical (unpaired) electrons. The van der Waals surface area contributed by atoms with E-state index in [0.717, 1.165) is 5.56 Å². The van der Waals surface area contributed by atoms with Gasteiger partial charge in [0.05, 0.1) is 0 Å². The molecule has 0 saturated heterocycles. The predicted molar refractivity (Wildman–Crippen MR) is 61.3 cm³/mol. The Kier molecular flexibility index (Phi) is 3.82. The maximum absolute atomic E-state index is 11.2. The summed E-state index contributed by atoms with van der Waals surface area (Å²) in [7, 11) is 0. The van der Waals surface area contributed by atoms with E-state index in [9.17, 15) is 9.90 Å². The van der Waals surface area contributed by atoms with Gasteiger partial charge >= 0.3 is 5.97 Å². The average Bonchev–Trinajstić information content (AvgIpc) is 2.28. The lowest BCUT2D eigenvalue weighted by atomic mass is 9.93. The van der Waals surface area contributed by atoms with Gasteiger partial charge < -0.3 is 10.4 Å². The molecule has 0 aliphatic heterocycles. The molecule has 0 fully saturated rings. The van der Waals surface area contributed by atoms with Gasteiger partial charge in [0.2, 0.25) is 5.95 Å². The third-order valence-corrected chi connectivity index (χ3v) is 2.75. The molecule has 0 saturated carbocycles. The molecule has 0 bridgehead atoms. The minimum absolute atomic E-state index is 0.358. The fourth-order valence-electron chi connectivity index (χ4n) is 1.45. The van der Waals surface area contributed by atoms with Crippen LogP contribution in [-0.2, 0) is 4.79 Å². The summed E-state index contributed by atoms with van der Waals surface area (Å²) in [5.41, 5.74) is -0.0330. The summed E-state index contributed by atoms with van der Waals surface area (Å²) in [5, 5.41) is 12.1. The van der Waals surface area contributed by atoms with Crippen molar-refractivity contribution >= 4 is 11.9 Å². The van der Waals surface area contributed by atoms with Crippen LogP contribution in [0.4, 0.5) is 5.95 Å². The number of carboxylic acid groups (broad SMARTS) is 1. The number of rotatable bonds is 5. The maximum atomic E-state index is 11.2. The molecule has 0 atom stereocenters. The zero-order valence-electron chi connectivity index (χ0n) is 9.82. The van der Waals surface area contributed by atoms with Crippen molar-refractivity contribution in [2.24, 2.45) is 0 Å². The third kappa shape index (κ3) is 2.48. The fourth-order valence-corrected chi connectivity index (χ4v) is 1.45. The Balaban J connectivity index is 2.91. The molecule has 1 heterocycles. The lowest BCUT2D eigenvalue weighted by Gasteiger charge is -2.27. The van der Waals surface area contributed by atoms with Crippen LogP contribution in [0.25, 0.3) is 0 Å². The molecule has 5 heteroatoms. The van der Waals surface area contributed by atoms with Crippen LogP contribution in [0.3, 0.4) is 0 Å². The second-order valence-corrected chi connectivity index (χ2v) is 3.80. The molecular formula is C11H17N3O2. The lowest BCUT2D eigenvalue weighted by molar-refractivity contribution is -0.142. The highest BCUT2D eigenvalue weighted by Gasteiger charge is 2.35. The summed E-state index contributed by atoms with van der Waals surface area (Å²) < 4.78 is 0. The zero-order chi connectivity index (χ0) is 12.2. The van der Waals surface area contributed by atoms with Gasteiger partial charge in [0.1, 0.15) is 5.54 Å². The third-order valence-electron chi connectivity index (χ3n) is 2.75. The van der Waals surface area contributed by atoms with Crippen LogP contribution in [0.5, 0.6) is 0 Å². The molecule has 1 rings (SSSR count). The van der Waals surface area contributed by atoms with E-state index < -0.39 is 11.5 Å². The van der Waals surface area contributed by atoms with Crippen molar-refractivity contribution in [1.29, 1.82) is 0 Å². The molecule has 16 heavy (non-hydrogen) atoms. The number of aromatic nitrogens is 2. The maximum Gasteiger partial charge on any atom is 0.329 e. The van der Waals surface area contributed by atoms with Gasteiger partial charge in [-0.1, -0.05) is 13.8 Å². The molecular weight excluding hydrogens is 206 g/mol. The first-order valence-electron chi connectivity index (χ1n) is 5.34. The van der Waals surface area contributed by atoms with Gasteiger partial charge in [-0.05, 0) is 25.3 Å². The summed E-state index contributed by atoms with van der Waals surface area (Å²) in [6.45, 7) is 5.55. The molecule has 0 amide bonds. The minimum Gasteiger partial charge on any atom is -0.480 e. The fraction of sp³-hybridized carbons (Fsp3) is 0.545. The monoisotopic (exact) mass is 223 g/mol. The van der Waals surface area contributed by atoms with Gasteiger partial charge in [-0.25, -0.2) is 14.8 Å². The van der Waals surface area contributed by atoms with E-state index in [1.807, 2.05) is 20.8 Å². The highest BCUT2D eigenvalue weighted by Crippen LogP contribution is 2.20. The van der Waals surface area contributed by atoms with Crippen molar-refractivity contribution in [3.63, 3.8) is 0 Å². The zero-order valence-corrected chi connectivity index (χ0v) is 9.82. The first-order valence-corrected chi connectivity index (χ1v) is 5.34. The summed E-state index contributed by atoms with van der Waals surface area (Å²) in [5.74, 6) is -0.515. The predicted octanol–water partition coefficient (Wildman–Crippen LogP) is 1.84. The van der Waals surface area contributed by atoms with Gasteiger partial charge in [-0.15, -0.1) is 0 Å². The summed E-state index contributed by atoms with van der Waals surface area (Å²) >= 11 is 0. The number of hydrogen-bond acceptors (Lipinski definition) is 4. The number of nitrogens with one attached hydrogen (secondary N) is 1. The van der Waals surface area contributed by atoms with E-state index in [4.69, 9.17) is 0 Å². The Morgan fingerprint density at radius 3 is 2.25 bits per heavy atom. The molecule has 0 spiro atoms. The van der Waals surface area contributed by atoms with Crippen LogP contribution in [0.1, 0.15) is 32.3 Å². The Hall–Kier alpha value is -1.65. The van der Waals surface area contributed by atoms with Crippen molar-refractivity contribution < 1.29 is 9.90 Å². The van der Waals surface area contributed by atoms with E-state index in [1.54, 1.807) is 12.4 Å². The van der Waals surface area contributed by atoms with Gasteiger partial charge in [0, 0.05) is 12.4 Å². The normalized spacial score (nSPS) is 11.2. The Labute approximate surface area is 94.9 Å². The summed E-state index contributed by atoms with van der Waals surface area (Å²) in [6.07, 6.45) is 4.28. The first kappa shape index (κ1) is 12.4. The summed E-state index contributed by atoms with van der Waals surface area (Å²) in [6, 6.07) is 0. The number of carboxylic acids is 1. The van der Waals surface area contributed by atoms with Crippen molar-refractivity contribution in [2.45, 2.75) is 39.2 Å². The van der Waals surface area contributed by atoms with E-state index in [-0.39, 0.29) is 0 Å². The van der Waals surface area contributed by atoms with Crippen molar-refractivity contribution in [2.75, 3.05) is 5.32 Å². The summed E-state index contributed by atoms with van der Waals surface area (Å²) in [4.78, 5) is 19.3. The molecule has 88 valence electrons. The quantitative estimate of drug-likeness (QED) is 0.796. The van der Waals surface area contributed by atoms with Crippen LogP contribution < -0.4 is 5.32 Å². The molecule has 0 unspecified atom stereocenters. The van der Waals surface area contributed by atoms with E-state index in [0.29, 0.717) is 18.8 Å². The smallest absolute Gasteiger partial charge is 0.329 e. The molecule has 0 aliphatic carbocycles. The van der Waals surface area contributed by atoms with E-state index in [1.165, 1.54) is 0 Å². The van der Waals surface area contributed by atoms with Crippen molar-refractivity contribution in [3.05, 3.63) is 18.0 Å². The van der Waals surface area contributed by atoms with Crippen LogP contribution in [0.15, 0.2) is 12.4 Å². The van der Waals surface area contributed by atoms with Gasteiger partial charge in [0.25, 0.3) is 0 Å². The standard InChI is InChI=1S/C11H17N3O2/c1-4-11(5-2,9(15)16)14-10-12-6-8(3)7-13-10/h6-7H,4-5H2,1-3H3,(H,15,16)(H,12,13,14). The van der Waals surface area contributed by atoms with Gasteiger partial charge in [0.15, 0.2) is 0 Å². The van der Waals surface area contributed by atoms with Crippen molar-refractivity contribution in [1.82, 2.24) is 9.97 Å². The second-order valence-electron chi connectivity index (χ2n) is 3.80. The van der Waals surface area contributed by atoms with E-state index >= 15 is 0 Å². The Morgan fingerprint density at radius 2 is 1.88 bits per heavy atom. The minimum atomic E-state index is -0.977. The molecule has 1 aromatic heterocycles. The number of aryl methyl sites for hydroxylation is 1. The average molecular weight is 223 g/mol. The number of anilines is 1. The van der Waals surface area contributed by atoms with Crippen LogP contribution in [-0.4, -0.2) is 26.6 Å². The Bertz CT molecular complexity index is 358. The van der Waals surface area contributed by atoms with Crippen LogP contribution in [0, 0.1) is 6.92 Å². The first-order chi connectivity index (χ1) is 7.54. The van der Waals surface area contributed by atoms with Gasteiger partial charge in [-0.3, -0.25) is 0 Å². The largest absolute Gasteiger partial charge is 0.480 e.